The first-order valence-corrected chi connectivity index (χ1v) is 7.03. The fraction of sp³-hybridized carbons (Fsp3) is 0. The Hall–Kier alpha value is -3.61. The van der Waals surface area contributed by atoms with Crippen molar-refractivity contribution in [1.29, 1.82) is 0 Å². The van der Waals surface area contributed by atoms with Crippen molar-refractivity contribution in [3.05, 3.63) is 82.6 Å². The summed E-state index contributed by atoms with van der Waals surface area (Å²) in [6.07, 6.45) is 9.55. The Morgan fingerprint density at radius 2 is 1.79 bits per heavy atom. The lowest BCUT2D eigenvalue weighted by atomic mass is 10.2. The van der Waals surface area contributed by atoms with E-state index in [1.54, 1.807) is 24.5 Å². The topological polar surface area (TPSA) is 91.0 Å². The van der Waals surface area contributed by atoms with Gasteiger partial charge in [0.2, 0.25) is 5.88 Å². The average molecular weight is 320 g/mol. The highest BCUT2D eigenvalue weighted by Gasteiger charge is 2.03. The van der Waals surface area contributed by atoms with E-state index in [4.69, 9.17) is 4.74 Å². The number of rotatable bonds is 5. The molecule has 0 fully saturated rings. The summed E-state index contributed by atoms with van der Waals surface area (Å²) in [6.45, 7) is 0. The Morgan fingerprint density at radius 3 is 2.42 bits per heavy atom. The van der Waals surface area contributed by atoms with Crippen LogP contribution >= 0.6 is 0 Å². The minimum atomic E-state index is -0.476. The maximum atomic E-state index is 10.6. The average Bonchev–Trinajstić information content (AvgIpc) is 2.62. The van der Waals surface area contributed by atoms with E-state index in [0.717, 1.165) is 5.56 Å². The van der Waals surface area contributed by atoms with Crippen molar-refractivity contribution in [2.24, 2.45) is 0 Å². The molecule has 24 heavy (non-hydrogen) atoms. The SMILES string of the molecule is O=[N+]([O-])c1ccc(C=Cc2ccc(Oc3cnccn3)cc2)nc1. The molecule has 3 aromatic rings. The van der Waals surface area contributed by atoms with Crippen LogP contribution in [0.2, 0.25) is 0 Å². The van der Waals surface area contributed by atoms with Gasteiger partial charge in [-0.2, -0.15) is 0 Å². The van der Waals surface area contributed by atoms with Crippen LogP contribution in [0.15, 0.2) is 61.2 Å². The van der Waals surface area contributed by atoms with Gasteiger partial charge in [-0.25, -0.2) is 9.97 Å². The molecule has 7 nitrogen and oxygen atoms in total. The van der Waals surface area contributed by atoms with Gasteiger partial charge in [-0.3, -0.25) is 15.1 Å². The molecule has 0 saturated heterocycles. The minimum Gasteiger partial charge on any atom is -0.438 e. The van der Waals surface area contributed by atoms with Crippen LogP contribution in [0.1, 0.15) is 11.3 Å². The summed E-state index contributed by atoms with van der Waals surface area (Å²) < 4.78 is 5.56. The molecular weight excluding hydrogens is 308 g/mol. The van der Waals surface area contributed by atoms with Gasteiger partial charge >= 0.3 is 0 Å². The second kappa shape index (κ2) is 7.10. The van der Waals surface area contributed by atoms with E-state index in [1.807, 2.05) is 30.3 Å². The molecule has 1 aromatic carbocycles. The lowest BCUT2D eigenvalue weighted by molar-refractivity contribution is -0.385. The molecule has 0 aliphatic heterocycles. The van der Waals surface area contributed by atoms with Crippen LogP contribution in [-0.4, -0.2) is 19.9 Å². The van der Waals surface area contributed by atoms with Crippen LogP contribution in [0.3, 0.4) is 0 Å². The molecule has 0 N–H and O–H groups in total. The van der Waals surface area contributed by atoms with E-state index >= 15 is 0 Å². The van der Waals surface area contributed by atoms with Crippen molar-refractivity contribution in [1.82, 2.24) is 15.0 Å². The van der Waals surface area contributed by atoms with Crippen molar-refractivity contribution < 1.29 is 9.66 Å². The fourth-order valence-corrected chi connectivity index (χ4v) is 1.89. The summed E-state index contributed by atoms with van der Waals surface area (Å²) in [7, 11) is 0. The molecule has 0 unspecified atom stereocenters. The molecule has 118 valence electrons. The van der Waals surface area contributed by atoms with Crippen molar-refractivity contribution >= 4 is 17.8 Å². The Labute approximate surface area is 137 Å². The van der Waals surface area contributed by atoms with E-state index in [1.165, 1.54) is 18.5 Å². The zero-order valence-corrected chi connectivity index (χ0v) is 12.4. The fourth-order valence-electron chi connectivity index (χ4n) is 1.89. The highest BCUT2D eigenvalue weighted by atomic mass is 16.6. The summed E-state index contributed by atoms with van der Waals surface area (Å²) in [5, 5.41) is 10.6. The lowest BCUT2D eigenvalue weighted by Gasteiger charge is -2.03. The summed E-state index contributed by atoms with van der Waals surface area (Å²) in [6, 6.07) is 10.4. The Bertz CT molecular complexity index is 847. The molecule has 0 radical (unpaired) electrons. The van der Waals surface area contributed by atoms with Crippen molar-refractivity contribution in [3.8, 4) is 11.6 Å². The first kappa shape index (κ1) is 15.3. The second-order valence-electron chi connectivity index (χ2n) is 4.75. The van der Waals surface area contributed by atoms with Crippen molar-refractivity contribution in [2.75, 3.05) is 0 Å². The lowest BCUT2D eigenvalue weighted by Crippen LogP contribution is -1.89. The summed E-state index contributed by atoms with van der Waals surface area (Å²) in [5.74, 6) is 1.08. The van der Waals surface area contributed by atoms with Gasteiger partial charge in [-0.15, -0.1) is 0 Å². The van der Waals surface area contributed by atoms with Gasteiger partial charge in [-0.1, -0.05) is 18.2 Å². The third-order valence-corrected chi connectivity index (χ3v) is 3.07. The van der Waals surface area contributed by atoms with E-state index in [0.29, 0.717) is 17.3 Å². The Balaban J connectivity index is 1.66. The van der Waals surface area contributed by atoms with Crippen LogP contribution in [0.5, 0.6) is 11.6 Å². The molecule has 2 heterocycles. The van der Waals surface area contributed by atoms with Gasteiger partial charge in [0.25, 0.3) is 5.69 Å². The number of aromatic nitrogens is 3. The number of nitro groups is 1. The molecule has 0 aliphatic rings. The zero-order chi connectivity index (χ0) is 16.8. The molecule has 0 spiro atoms. The quantitative estimate of drug-likeness (QED) is 0.525. The second-order valence-corrected chi connectivity index (χ2v) is 4.75. The molecule has 0 saturated carbocycles. The molecule has 2 aromatic heterocycles. The van der Waals surface area contributed by atoms with Crippen molar-refractivity contribution in [3.63, 3.8) is 0 Å². The highest BCUT2D eigenvalue weighted by Crippen LogP contribution is 2.19. The molecule has 0 atom stereocenters. The summed E-state index contributed by atoms with van der Waals surface area (Å²) in [5.41, 5.74) is 1.56. The van der Waals surface area contributed by atoms with Crippen LogP contribution in [-0.2, 0) is 0 Å². The predicted octanol–water partition coefficient (Wildman–Crippen LogP) is 3.74. The number of pyridine rings is 1. The molecule has 0 bridgehead atoms. The van der Waals surface area contributed by atoms with Gasteiger partial charge in [0.15, 0.2) is 0 Å². The van der Waals surface area contributed by atoms with Gasteiger partial charge in [-0.05, 0) is 29.8 Å². The van der Waals surface area contributed by atoms with Crippen LogP contribution in [0, 0.1) is 10.1 Å². The summed E-state index contributed by atoms with van der Waals surface area (Å²) >= 11 is 0. The minimum absolute atomic E-state index is 0.0299. The molecule has 7 heteroatoms. The third kappa shape index (κ3) is 3.98. The van der Waals surface area contributed by atoms with Gasteiger partial charge < -0.3 is 4.74 Å². The Morgan fingerprint density at radius 1 is 0.958 bits per heavy atom. The van der Waals surface area contributed by atoms with Crippen LogP contribution in [0.4, 0.5) is 5.69 Å². The number of benzene rings is 1. The van der Waals surface area contributed by atoms with Crippen LogP contribution < -0.4 is 4.74 Å². The number of ether oxygens (including phenoxy) is 1. The first-order valence-electron chi connectivity index (χ1n) is 7.03. The highest BCUT2D eigenvalue weighted by molar-refractivity contribution is 5.68. The number of nitrogens with zero attached hydrogens (tertiary/aromatic N) is 4. The van der Waals surface area contributed by atoms with Gasteiger partial charge in [0.05, 0.1) is 16.8 Å². The largest absolute Gasteiger partial charge is 0.438 e. The number of hydrogen-bond donors (Lipinski definition) is 0. The summed E-state index contributed by atoms with van der Waals surface area (Å²) in [4.78, 5) is 22.1. The number of hydrogen-bond acceptors (Lipinski definition) is 6. The monoisotopic (exact) mass is 320 g/mol. The molecular formula is C17H12N4O3. The van der Waals surface area contributed by atoms with E-state index in [2.05, 4.69) is 15.0 Å². The Kier molecular flexibility index (Phi) is 4.52. The van der Waals surface area contributed by atoms with Crippen LogP contribution in [0.25, 0.3) is 12.2 Å². The predicted molar refractivity (Wildman–Crippen MR) is 88.4 cm³/mol. The van der Waals surface area contributed by atoms with E-state index < -0.39 is 4.92 Å². The zero-order valence-electron chi connectivity index (χ0n) is 12.4. The standard InChI is InChI=1S/C17H12N4O3/c22-21(23)15-6-5-14(20-11-15)4-1-13-2-7-16(8-3-13)24-17-12-18-9-10-19-17/h1-12H. The molecule has 0 amide bonds. The normalized spacial score (nSPS) is 10.7. The van der Waals surface area contributed by atoms with Gasteiger partial charge in [0.1, 0.15) is 11.9 Å². The van der Waals surface area contributed by atoms with E-state index in [9.17, 15) is 10.1 Å². The van der Waals surface area contributed by atoms with Gasteiger partial charge in [0, 0.05) is 18.5 Å². The van der Waals surface area contributed by atoms with E-state index in [-0.39, 0.29) is 5.69 Å². The third-order valence-electron chi connectivity index (χ3n) is 3.07. The maximum Gasteiger partial charge on any atom is 0.287 e. The van der Waals surface area contributed by atoms with Crippen molar-refractivity contribution in [2.45, 2.75) is 0 Å². The smallest absolute Gasteiger partial charge is 0.287 e. The molecule has 3 rings (SSSR count). The molecule has 0 aliphatic carbocycles. The maximum absolute atomic E-state index is 10.6. The first-order chi connectivity index (χ1) is 11.7.